The fourth-order valence-corrected chi connectivity index (χ4v) is 2.01. The van der Waals surface area contributed by atoms with Crippen LogP contribution in [0.5, 0.6) is 0 Å². The second kappa shape index (κ2) is 5.68. The maximum absolute atomic E-state index is 11.1. The van der Waals surface area contributed by atoms with Crippen LogP contribution >= 0.6 is 0 Å². The summed E-state index contributed by atoms with van der Waals surface area (Å²) in [7, 11) is 0. The molecule has 0 aliphatic rings. The van der Waals surface area contributed by atoms with Crippen molar-refractivity contribution in [3.8, 4) is 22.9 Å². The van der Waals surface area contributed by atoms with Gasteiger partial charge in [0.25, 0.3) is 0 Å². The first kappa shape index (κ1) is 14.4. The van der Waals surface area contributed by atoms with Gasteiger partial charge in [0.15, 0.2) is 11.6 Å². The molecule has 0 spiro atoms. The third kappa shape index (κ3) is 2.91. The second-order valence-corrected chi connectivity index (χ2v) is 4.63. The predicted octanol–water partition coefficient (Wildman–Crippen LogP) is 1.93. The minimum absolute atomic E-state index is 0.149. The van der Waals surface area contributed by atoms with E-state index in [4.69, 9.17) is 10.2 Å². The van der Waals surface area contributed by atoms with E-state index in [-0.39, 0.29) is 17.0 Å². The largest absolute Gasteiger partial charge is 0.478 e. The maximum atomic E-state index is 11.1. The molecule has 2 aromatic heterocycles. The Labute approximate surface area is 129 Å². The zero-order valence-corrected chi connectivity index (χ0v) is 11.6. The minimum Gasteiger partial charge on any atom is -0.478 e. The highest BCUT2D eigenvalue weighted by atomic mass is 16.4. The molecule has 0 aliphatic heterocycles. The third-order valence-corrected chi connectivity index (χ3v) is 3.08. The van der Waals surface area contributed by atoms with Crippen molar-refractivity contribution in [2.75, 3.05) is 0 Å². The van der Waals surface area contributed by atoms with Gasteiger partial charge in [0, 0.05) is 11.8 Å². The number of pyridine rings is 1. The van der Waals surface area contributed by atoms with E-state index < -0.39 is 11.9 Å². The predicted molar refractivity (Wildman–Crippen MR) is 79.0 cm³/mol. The Kier molecular flexibility index (Phi) is 3.55. The van der Waals surface area contributed by atoms with Crippen LogP contribution in [0.25, 0.3) is 22.9 Å². The lowest BCUT2D eigenvalue weighted by molar-refractivity contribution is 0.0696. The number of hydrogen-bond donors (Lipinski definition) is 3. The van der Waals surface area contributed by atoms with Crippen LogP contribution in [-0.2, 0) is 0 Å². The number of rotatable bonds is 4. The lowest BCUT2D eigenvalue weighted by atomic mass is 10.1. The van der Waals surface area contributed by atoms with Gasteiger partial charge in [0.2, 0.25) is 0 Å². The van der Waals surface area contributed by atoms with E-state index in [1.54, 1.807) is 24.4 Å². The third-order valence-electron chi connectivity index (χ3n) is 3.08. The van der Waals surface area contributed by atoms with Crippen molar-refractivity contribution in [2.24, 2.45) is 0 Å². The molecule has 0 unspecified atom stereocenters. The topological polar surface area (TPSA) is 129 Å². The molecule has 8 heteroatoms. The quantitative estimate of drug-likeness (QED) is 0.671. The number of aromatic amines is 1. The van der Waals surface area contributed by atoms with Crippen LogP contribution in [0.1, 0.15) is 20.7 Å². The Morgan fingerprint density at radius 1 is 1.00 bits per heavy atom. The molecule has 2 heterocycles. The Morgan fingerprint density at radius 2 is 1.70 bits per heavy atom. The summed E-state index contributed by atoms with van der Waals surface area (Å²) in [4.78, 5) is 30.6. The average Bonchev–Trinajstić information content (AvgIpc) is 3.05. The highest BCUT2D eigenvalue weighted by Gasteiger charge is 2.15. The van der Waals surface area contributed by atoms with Gasteiger partial charge in [-0.1, -0.05) is 6.07 Å². The van der Waals surface area contributed by atoms with Crippen LogP contribution in [0.3, 0.4) is 0 Å². The molecule has 0 fully saturated rings. The van der Waals surface area contributed by atoms with Crippen LogP contribution in [0.2, 0.25) is 0 Å². The van der Waals surface area contributed by atoms with Crippen molar-refractivity contribution >= 4 is 11.9 Å². The monoisotopic (exact) mass is 310 g/mol. The van der Waals surface area contributed by atoms with E-state index >= 15 is 0 Å². The van der Waals surface area contributed by atoms with E-state index in [9.17, 15) is 9.59 Å². The summed E-state index contributed by atoms with van der Waals surface area (Å²) in [5.74, 6) is -1.86. The lowest BCUT2D eigenvalue weighted by Crippen LogP contribution is -2.03. The van der Waals surface area contributed by atoms with Gasteiger partial charge in [-0.15, -0.1) is 0 Å². The van der Waals surface area contributed by atoms with Crippen molar-refractivity contribution in [3.63, 3.8) is 0 Å². The molecule has 1 aromatic carbocycles. The number of carboxylic acid groups (broad SMARTS) is 2. The Balaban J connectivity index is 2.07. The molecule has 114 valence electrons. The number of aromatic nitrogens is 4. The van der Waals surface area contributed by atoms with E-state index in [2.05, 4.69) is 20.2 Å². The van der Waals surface area contributed by atoms with Crippen molar-refractivity contribution < 1.29 is 19.8 Å². The summed E-state index contributed by atoms with van der Waals surface area (Å²) in [6.45, 7) is 0. The number of carboxylic acids is 2. The first-order valence-corrected chi connectivity index (χ1v) is 6.50. The second-order valence-electron chi connectivity index (χ2n) is 4.63. The normalized spacial score (nSPS) is 10.4. The van der Waals surface area contributed by atoms with Gasteiger partial charge in [-0.05, 0) is 30.3 Å². The standard InChI is InChI=1S/C15H10N4O4/c20-14(21)9-5-8(6-10(7-9)15(22)23)12-17-13(19-18-12)11-3-1-2-4-16-11/h1-7H,(H,20,21)(H,22,23)(H,17,18,19). The van der Waals surface area contributed by atoms with Crippen molar-refractivity contribution in [1.82, 2.24) is 20.2 Å². The van der Waals surface area contributed by atoms with Gasteiger partial charge in [-0.3, -0.25) is 10.1 Å². The highest BCUT2D eigenvalue weighted by molar-refractivity contribution is 5.95. The number of benzene rings is 1. The number of H-pyrrole nitrogens is 1. The summed E-state index contributed by atoms with van der Waals surface area (Å²) in [6.07, 6.45) is 1.60. The van der Waals surface area contributed by atoms with Crippen molar-refractivity contribution in [3.05, 3.63) is 53.7 Å². The first-order chi connectivity index (χ1) is 11.0. The SMILES string of the molecule is O=C(O)c1cc(C(=O)O)cc(-c2n[nH]c(-c3ccccn3)n2)c1. The molecule has 0 saturated heterocycles. The molecule has 0 amide bonds. The van der Waals surface area contributed by atoms with Crippen LogP contribution in [0.4, 0.5) is 0 Å². The molecule has 23 heavy (non-hydrogen) atoms. The van der Waals surface area contributed by atoms with Gasteiger partial charge >= 0.3 is 11.9 Å². The average molecular weight is 310 g/mol. The van der Waals surface area contributed by atoms with Crippen molar-refractivity contribution in [1.29, 1.82) is 0 Å². The first-order valence-electron chi connectivity index (χ1n) is 6.50. The summed E-state index contributed by atoms with van der Waals surface area (Å²) in [5, 5.41) is 24.9. The van der Waals surface area contributed by atoms with Crippen LogP contribution in [-0.4, -0.2) is 42.3 Å². The van der Waals surface area contributed by atoms with Gasteiger partial charge in [0.1, 0.15) is 5.69 Å². The van der Waals surface area contributed by atoms with E-state index in [1.807, 2.05) is 0 Å². The Morgan fingerprint density at radius 3 is 2.26 bits per heavy atom. The fraction of sp³-hybridized carbons (Fsp3) is 0. The van der Waals surface area contributed by atoms with Crippen LogP contribution in [0.15, 0.2) is 42.6 Å². The molecule has 0 aliphatic carbocycles. The van der Waals surface area contributed by atoms with Crippen LogP contribution < -0.4 is 0 Å². The number of hydrogen-bond acceptors (Lipinski definition) is 5. The van der Waals surface area contributed by atoms with Gasteiger partial charge < -0.3 is 10.2 Å². The lowest BCUT2D eigenvalue weighted by Gasteiger charge is -2.02. The zero-order chi connectivity index (χ0) is 16.4. The van der Waals surface area contributed by atoms with Gasteiger partial charge in [-0.25, -0.2) is 14.6 Å². The number of carbonyl (C=O) groups is 2. The van der Waals surface area contributed by atoms with E-state index in [1.165, 1.54) is 12.1 Å². The number of nitrogens with zero attached hydrogens (tertiary/aromatic N) is 3. The zero-order valence-electron chi connectivity index (χ0n) is 11.6. The molecule has 0 saturated carbocycles. The van der Waals surface area contributed by atoms with Crippen LogP contribution in [0, 0.1) is 0 Å². The molecule has 0 bridgehead atoms. The van der Waals surface area contributed by atoms with E-state index in [0.29, 0.717) is 17.1 Å². The molecule has 3 rings (SSSR count). The molecule has 3 aromatic rings. The molecular weight excluding hydrogens is 300 g/mol. The summed E-state index contributed by atoms with van der Waals surface area (Å²) >= 11 is 0. The molecule has 8 nitrogen and oxygen atoms in total. The number of nitrogens with one attached hydrogen (secondary N) is 1. The van der Waals surface area contributed by atoms with Gasteiger partial charge in [-0.2, -0.15) is 5.10 Å². The Bertz CT molecular complexity index is 857. The van der Waals surface area contributed by atoms with E-state index in [0.717, 1.165) is 6.07 Å². The minimum atomic E-state index is -1.23. The van der Waals surface area contributed by atoms with Crippen molar-refractivity contribution in [2.45, 2.75) is 0 Å². The molecular formula is C15H10N4O4. The molecule has 3 N–H and O–H groups in total. The maximum Gasteiger partial charge on any atom is 0.335 e. The van der Waals surface area contributed by atoms with Gasteiger partial charge in [0.05, 0.1) is 11.1 Å². The number of aromatic carboxylic acids is 2. The summed E-state index contributed by atoms with van der Waals surface area (Å²) < 4.78 is 0. The summed E-state index contributed by atoms with van der Waals surface area (Å²) in [5.41, 5.74) is 0.563. The molecule has 0 atom stereocenters. The molecule has 0 radical (unpaired) electrons. The smallest absolute Gasteiger partial charge is 0.335 e. The highest BCUT2D eigenvalue weighted by Crippen LogP contribution is 2.22. The Hall–Kier alpha value is -3.55. The summed E-state index contributed by atoms with van der Waals surface area (Å²) in [6, 6.07) is 9.01. The fourth-order valence-electron chi connectivity index (χ4n) is 2.01.